The van der Waals surface area contributed by atoms with E-state index in [1.807, 2.05) is 13.0 Å². The maximum atomic E-state index is 5.11. The molecule has 0 amide bonds. The number of hydrogen-bond donors (Lipinski definition) is 1. The number of aromatic nitrogens is 2. The molecule has 94 valence electrons. The second-order valence-electron chi connectivity index (χ2n) is 5.09. The van der Waals surface area contributed by atoms with Crippen LogP contribution in [0.4, 0.5) is 5.82 Å². The Labute approximate surface area is 102 Å². The normalized spacial score (nSPS) is 19.2. The number of aryl methyl sites for hydroxylation is 1. The van der Waals surface area contributed by atoms with Crippen molar-refractivity contribution >= 4 is 5.82 Å². The van der Waals surface area contributed by atoms with Crippen molar-refractivity contribution < 1.29 is 4.74 Å². The lowest BCUT2D eigenvalue weighted by Gasteiger charge is -2.39. The number of anilines is 1. The molecule has 0 aliphatic carbocycles. The van der Waals surface area contributed by atoms with Crippen LogP contribution in [0.2, 0.25) is 0 Å². The number of hydrogen-bond acceptors (Lipinski definition) is 5. The zero-order valence-corrected chi connectivity index (χ0v) is 10.9. The van der Waals surface area contributed by atoms with Gasteiger partial charge in [-0.05, 0) is 20.8 Å². The molecule has 2 heterocycles. The molecule has 1 aromatic rings. The van der Waals surface area contributed by atoms with Gasteiger partial charge in [-0.15, -0.1) is 0 Å². The fraction of sp³-hybridized carbons (Fsp3) is 0.667. The number of methoxy groups -OCH3 is 1. The van der Waals surface area contributed by atoms with Gasteiger partial charge in [-0.2, -0.15) is 4.98 Å². The standard InChI is InChI=1S/C12H20N4O/c1-9-7-10(15-11(14-9)17-4)16-6-5-13-12(2,3)8-16/h7,13H,5-6,8H2,1-4H3. The molecule has 2 rings (SSSR count). The van der Waals surface area contributed by atoms with Crippen LogP contribution in [0.25, 0.3) is 0 Å². The smallest absolute Gasteiger partial charge is 0.318 e. The van der Waals surface area contributed by atoms with Gasteiger partial charge in [0, 0.05) is 36.9 Å². The van der Waals surface area contributed by atoms with Crippen LogP contribution in [0.1, 0.15) is 19.5 Å². The molecule has 1 aliphatic heterocycles. The quantitative estimate of drug-likeness (QED) is 0.829. The fourth-order valence-electron chi connectivity index (χ4n) is 2.12. The maximum Gasteiger partial charge on any atom is 0.318 e. The van der Waals surface area contributed by atoms with E-state index in [9.17, 15) is 0 Å². The Morgan fingerprint density at radius 1 is 1.41 bits per heavy atom. The number of rotatable bonds is 2. The lowest BCUT2D eigenvalue weighted by molar-refractivity contribution is 0.348. The molecule has 1 N–H and O–H groups in total. The van der Waals surface area contributed by atoms with Gasteiger partial charge in [-0.1, -0.05) is 0 Å². The summed E-state index contributed by atoms with van der Waals surface area (Å²) < 4.78 is 5.11. The van der Waals surface area contributed by atoms with Crippen LogP contribution < -0.4 is 15.0 Å². The van der Waals surface area contributed by atoms with Crippen LogP contribution in [0.3, 0.4) is 0 Å². The monoisotopic (exact) mass is 236 g/mol. The van der Waals surface area contributed by atoms with Crippen molar-refractivity contribution in [3.05, 3.63) is 11.8 Å². The van der Waals surface area contributed by atoms with Gasteiger partial charge in [0.15, 0.2) is 0 Å². The van der Waals surface area contributed by atoms with Crippen LogP contribution >= 0.6 is 0 Å². The van der Waals surface area contributed by atoms with E-state index >= 15 is 0 Å². The minimum Gasteiger partial charge on any atom is -0.467 e. The lowest BCUT2D eigenvalue weighted by Crippen LogP contribution is -2.57. The first-order chi connectivity index (χ1) is 8.00. The number of nitrogens with one attached hydrogen (secondary N) is 1. The fourth-order valence-corrected chi connectivity index (χ4v) is 2.12. The molecule has 0 radical (unpaired) electrons. The molecule has 0 spiro atoms. The Bertz CT molecular complexity index is 405. The Morgan fingerprint density at radius 3 is 2.82 bits per heavy atom. The molecule has 0 aromatic carbocycles. The molecule has 1 saturated heterocycles. The zero-order valence-electron chi connectivity index (χ0n) is 10.9. The van der Waals surface area contributed by atoms with E-state index in [-0.39, 0.29) is 5.54 Å². The highest BCUT2D eigenvalue weighted by atomic mass is 16.5. The highest BCUT2D eigenvalue weighted by Crippen LogP contribution is 2.20. The third kappa shape index (κ3) is 2.85. The third-order valence-corrected chi connectivity index (χ3v) is 2.90. The van der Waals surface area contributed by atoms with Gasteiger partial charge in [0.1, 0.15) is 5.82 Å². The first-order valence-electron chi connectivity index (χ1n) is 5.90. The van der Waals surface area contributed by atoms with Gasteiger partial charge in [-0.25, -0.2) is 4.98 Å². The van der Waals surface area contributed by atoms with Crippen LogP contribution in [0, 0.1) is 6.92 Å². The average Bonchev–Trinajstić information content (AvgIpc) is 2.27. The molecule has 0 bridgehead atoms. The predicted octanol–water partition coefficient (Wildman–Crippen LogP) is 0.982. The third-order valence-electron chi connectivity index (χ3n) is 2.90. The topological polar surface area (TPSA) is 50.3 Å². The summed E-state index contributed by atoms with van der Waals surface area (Å²) in [6, 6.07) is 2.44. The number of ether oxygens (including phenoxy) is 1. The highest BCUT2D eigenvalue weighted by molar-refractivity contribution is 5.42. The minimum atomic E-state index is 0.115. The summed E-state index contributed by atoms with van der Waals surface area (Å²) >= 11 is 0. The molecule has 0 atom stereocenters. The van der Waals surface area contributed by atoms with E-state index in [0.717, 1.165) is 31.1 Å². The Balaban J connectivity index is 2.24. The summed E-state index contributed by atoms with van der Waals surface area (Å²) in [5, 5.41) is 3.48. The number of piperazine rings is 1. The van der Waals surface area contributed by atoms with E-state index in [1.165, 1.54) is 0 Å². The summed E-state index contributed by atoms with van der Waals surface area (Å²) in [4.78, 5) is 10.9. The van der Waals surface area contributed by atoms with Crippen LogP contribution in [-0.2, 0) is 0 Å². The van der Waals surface area contributed by atoms with Crippen LogP contribution in [0.5, 0.6) is 6.01 Å². The van der Waals surface area contributed by atoms with Gasteiger partial charge < -0.3 is 15.0 Å². The average molecular weight is 236 g/mol. The van der Waals surface area contributed by atoms with Crippen LogP contribution in [-0.4, -0.2) is 42.3 Å². The van der Waals surface area contributed by atoms with Crippen molar-refractivity contribution in [2.45, 2.75) is 26.3 Å². The van der Waals surface area contributed by atoms with Gasteiger partial charge in [-0.3, -0.25) is 0 Å². The van der Waals surface area contributed by atoms with Gasteiger partial charge >= 0.3 is 6.01 Å². The van der Waals surface area contributed by atoms with Crippen molar-refractivity contribution in [2.24, 2.45) is 0 Å². The van der Waals surface area contributed by atoms with E-state index in [2.05, 4.69) is 34.0 Å². The highest BCUT2D eigenvalue weighted by Gasteiger charge is 2.26. The molecule has 1 fully saturated rings. The van der Waals surface area contributed by atoms with Crippen molar-refractivity contribution in [2.75, 3.05) is 31.6 Å². The van der Waals surface area contributed by atoms with E-state index in [4.69, 9.17) is 4.74 Å². The van der Waals surface area contributed by atoms with Crippen LogP contribution in [0.15, 0.2) is 6.07 Å². The number of nitrogens with zero attached hydrogens (tertiary/aromatic N) is 3. The molecule has 0 unspecified atom stereocenters. The Kier molecular flexibility index (Phi) is 3.19. The second-order valence-corrected chi connectivity index (χ2v) is 5.09. The predicted molar refractivity (Wildman–Crippen MR) is 67.6 cm³/mol. The molecule has 0 saturated carbocycles. The molecule has 17 heavy (non-hydrogen) atoms. The first-order valence-corrected chi connectivity index (χ1v) is 5.90. The molecule has 1 aliphatic rings. The second kappa shape index (κ2) is 4.49. The van der Waals surface area contributed by atoms with Gasteiger partial charge in [0.2, 0.25) is 0 Å². The van der Waals surface area contributed by atoms with E-state index in [0.29, 0.717) is 6.01 Å². The molecular formula is C12H20N4O. The van der Waals surface area contributed by atoms with E-state index < -0.39 is 0 Å². The summed E-state index contributed by atoms with van der Waals surface area (Å²) in [5.74, 6) is 0.948. The van der Waals surface area contributed by atoms with Gasteiger partial charge in [0.25, 0.3) is 0 Å². The van der Waals surface area contributed by atoms with Crippen molar-refractivity contribution in [1.29, 1.82) is 0 Å². The molecular weight excluding hydrogens is 216 g/mol. The van der Waals surface area contributed by atoms with Crippen molar-refractivity contribution in [3.8, 4) is 6.01 Å². The first kappa shape index (κ1) is 12.1. The largest absolute Gasteiger partial charge is 0.467 e. The molecule has 5 heteroatoms. The lowest BCUT2D eigenvalue weighted by atomic mass is 10.0. The summed E-state index contributed by atoms with van der Waals surface area (Å²) in [5.41, 5.74) is 1.05. The maximum absolute atomic E-state index is 5.11. The summed E-state index contributed by atoms with van der Waals surface area (Å²) in [6.45, 7) is 9.23. The van der Waals surface area contributed by atoms with Crippen molar-refractivity contribution in [3.63, 3.8) is 0 Å². The molecule has 1 aromatic heterocycles. The zero-order chi connectivity index (χ0) is 12.5. The SMILES string of the molecule is COc1nc(C)cc(N2CCNC(C)(C)C2)n1. The molecule has 5 nitrogen and oxygen atoms in total. The van der Waals surface area contributed by atoms with E-state index in [1.54, 1.807) is 7.11 Å². The van der Waals surface area contributed by atoms with Gasteiger partial charge in [0.05, 0.1) is 7.11 Å². The van der Waals surface area contributed by atoms with Crippen molar-refractivity contribution in [1.82, 2.24) is 15.3 Å². The summed E-state index contributed by atoms with van der Waals surface area (Å²) in [7, 11) is 1.60. The Morgan fingerprint density at radius 2 is 2.18 bits per heavy atom. The summed E-state index contributed by atoms with van der Waals surface area (Å²) in [6.07, 6.45) is 0. The minimum absolute atomic E-state index is 0.115. The Hall–Kier alpha value is -1.36.